The van der Waals surface area contributed by atoms with Gasteiger partial charge in [0.05, 0.1) is 5.69 Å². The Morgan fingerprint density at radius 3 is 2.76 bits per heavy atom. The van der Waals surface area contributed by atoms with Crippen molar-refractivity contribution in [1.29, 1.82) is 0 Å². The van der Waals surface area contributed by atoms with Crippen molar-refractivity contribution in [2.24, 2.45) is 11.7 Å². The lowest BCUT2D eigenvalue weighted by atomic mass is 9.87. The summed E-state index contributed by atoms with van der Waals surface area (Å²) in [7, 11) is 0. The predicted octanol–water partition coefficient (Wildman–Crippen LogP) is 3.15. The maximum absolute atomic E-state index is 13.1. The Balaban J connectivity index is 2.28. The topological polar surface area (TPSA) is 29.3 Å². The fraction of sp³-hybridized carbons (Fsp3) is 0.538. The number of nitrogens with zero attached hydrogens (tertiary/aromatic N) is 1. The molecule has 1 fully saturated rings. The van der Waals surface area contributed by atoms with Crippen LogP contribution in [-0.4, -0.2) is 18.6 Å². The van der Waals surface area contributed by atoms with Gasteiger partial charge in [-0.25, -0.2) is 4.39 Å². The zero-order valence-corrected chi connectivity index (χ0v) is 11.7. The SMILES string of the molecule is CC1C(N)CCN(c2ccc(F)cc2Br)C1C. The molecule has 0 aliphatic carbocycles. The van der Waals surface area contributed by atoms with Gasteiger partial charge in [-0.2, -0.15) is 0 Å². The molecule has 3 atom stereocenters. The molecule has 0 aromatic heterocycles. The molecule has 0 spiro atoms. The number of anilines is 1. The highest BCUT2D eigenvalue weighted by Crippen LogP contribution is 2.33. The molecule has 1 heterocycles. The molecule has 0 amide bonds. The van der Waals surface area contributed by atoms with Crippen molar-refractivity contribution in [1.82, 2.24) is 0 Å². The van der Waals surface area contributed by atoms with Gasteiger partial charge in [0.25, 0.3) is 0 Å². The lowest BCUT2D eigenvalue weighted by Crippen LogP contribution is -2.52. The third-order valence-electron chi connectivity index (χ3n) is 3.85. The summed E-state index contributed by atoms with van der Waals surface area (Å²) < 4.78 is 13.9. The lowest BCUT2D eigenvalue weighted by Gasteiger charge is -2.43. The number of benzene rings is 1. The Labute approximate surface area is 110 Å². The minimum atomic E-state index is -0.213. The van der Waals surface area contributed by atoms with Gasteiger partial charge in [0, 0.05) is 23.1 Å². The van der Waals surface area contributed by atoms with Crippen LogP contribution in [0.4, 0.5) is 10.1 Å². The second kappa shape index (κ2) is 4.94. The van der Waals surface area contributed by atoms with Crippen molar-refractivity contribution in [3.8, 4) is 0 Å². The molecule has 17 heavy (non-hydrogen) atoms. The molecule has 1 aromatic rings. The summed E-state index contributed by atoms with van der Waals surface area (Å²) >= 11 is 3.43. The highest BCUT2D eigenvalue weighted by molar-refractivity contribution is 9.10. The maximum atomic E-state index is 13.1. The van der Waals surface area contributed by atoms with Gasteiger partial charge >= 0.3 is 0 Å². The zero-order chi connectivity index (χ0) is 12.6. The largest absolute Gasteiger partial charge is 0.368 e. The highest BCUT2D eigenvalue weighted by Gasteiger charge is 2.31. The van der Waals surface area contributed by atoms with E-state index < -0.39 is 0 Å². The Kier molecular flexibility index (Phi) is 3.73. The number of piperidine rings is 1. The van der Waals surface area contributed by atoms with Crippen LogP contribution in [0.3, 0.4) is 0 Å². The molecule has 1 aromatic carbocycles. The summed E-state index contributed by atoms with van der Waals surface area (Å²) in [4.78, 5) is 2.30. The van der Waals surface area contributed by atoms with Crippen molar-refractivity contribution in [2.75, 3.05) is 11.4 Å². The molecule has 1 aliphatic heterocycles. The van der Waals surface area contributed by atoms with Gasteiger partial charge in [-0.15, -0.1) is 0 Å². The van der Waals surface area contributed by atoms with E-state index in [4.69, 9.17) is 5.73 Å². The number of rotatable bonds is 1. The van der Waals surface area contributed by atoms with Crippen LogP contribution < -0.4 is 10.6 Å². The van der Waals surface area contributed by atoms with Crippen molar-refractivity contribution >= 4 is 21.6 Å². The first-order valence-corrected chi connectivity index (χ1v) is 6.77. The van der Waals surface area contributed by atoms with E-state index in [0.29, 0.717) is 12.0 Å². The zero-order valence-electron chi connectivity index (χ0n) is 10.2. The van der Waals surface area contributed by atoms with Crippen LogP contribution in [0.25, 0.3) is 0 Å². The Hall–Kier alpha value is -0.610. The number of hydrogen-bond donors (Lipinski definition) is 1. The van der Waals surface area contributed by atoms with Crippen LogP contribution in [0.15, 0.2) is 22.7 Å². The molecule has 3 unspecified atom stereocenters. The first-order valence-electron chi connectivity index (χ1n) is 5.98. The van der Waals surface area contributed by atoms with Gasteiger partial charge in [0.15, 0.2) is 0 Å². The summed E-state index contributed by atoms with van der Waals surface area (Å²) in [5.74, 6) is 0.232. The van der Waals surface area contributed by atoms with E-state index in [0.717, 1.165) is 23.1 Å². The van der Waals surface area contributed by atoms with Crippen LogP contribution >= 0.6 is 15.9 Å². The van der Waals surface area contributed by atoms with Crippen molar-refractivity contribution in [2.45, 2.75) is 32.4 Å². The minimum Gasteiger partial charge on any atom is -0.368 e. The maximum Gasteiger partial charge on any atom is 0.124 e. The van der Waals surface area contributed by atoms with Crippen LogP contribution in [-0.2, 0) is 0 Å². The van der Waals surface area contributed by atoms with Gasteiger partial charge < -0.3 is 10.6 Å². The first kappa shape index (κ1) is 12.8. The second-order valence-corrected chi connectivity index (χ2v) is 5.70. The number of nitrogens with two attached hydrogens (primary N) is 1. The fourth-order valence-electron chi connectivity index (χ4n) is 2.45. The molecule has 1 saturated heterocycles. The molecule has 94 valence electrons. The number of halogens is 2. The standard InChI is InChI=1S/C13H18BrFN2/c1-8-9(2)17(6-5-12(8)16)13-4-3-10(15)7-11(13)14/h3-4,7-9,12H,5-6,16H2,1-2H3. The van der Waals surface area contributed by atoms with Gasteiger partial charge in [0.1, 0.15) is 5.82 Å². The van der Waals surface area contributed by atoms with E-state index in [1.54, 1.807) is 0 Å². The highest BCUT2D eigenvalue weighted by atomic mass is 79.9. The molecule has 1 aliphatic rings. The van der Waals surface area contributed by atoms with Crippen molar-refractivity contribution in [3.63, 3.8) is 0 Å². The Morgan fingerprint density at radius 1 is 1.41 bits per heavy atom. The van der Waals surface area contributed by atoms with Gasteiger partial charge in [-0.1, -0.05) is 6.92 Å². The third-order valence-corrected chi connectivity index (χ3v) is 4.49. The second-order valence-electron chi connectivity index (χ2n) is 4.84. The van der Waals surface area contributed by atoms with Crippen LogP contribution in [0, 0.1) is 11.7 Å². The summed E-state index contributed by atoms with van der Waals surface area (Å²) in [6.45, 7) is 5.29. The van der Waals surface area contributed by atoms with E-state index in [-0.39, 0.29) is 11.9 Å². The number of hydrogen-bond acceptors (Lipinski definition) is 2. The van der Waals surface area contributed by atoms with Crippen molar-refractivity contribution in [3.05, 3.63) is 28.5 Å². The van der Waals surface area contributed by atoms with E-state index >= 15 is 0 Å². The summed E-state index contributed by atoms with van der Waals surface area (Å²) in [6.07, 6.45) is 0.981. The average Bonchev–Trinajstić information content (AvgIpc) is 2.28. The molecule has 0 bridgehead atoms. The van der Waals surface area contributed by atoms with Crippen LogP contribution in [0.2, 0.25) is 0 Å². The minimum absolute atomic E-state index is 0.213. The van der Waals surface area contributed by atoms with E-state index in [2.05, 4.69) is 34.7 Å². The van der Waals surface area contributed by atoms with E-state index in [1.165, 1.54) is 12.1 Å². The molecule has 2 rings (SSSR count). The summed E-state index contributed by atoms with van der Waals surface area (Å²) in [5.41, 5.74) is 7.13. The first-order chi connectivity index (χ1) is 8.00. The summed E-state index contributed by atoms with van der Waals surface area (Å²) in [6, 6.07) is 5.49. The van der Waals surface area contributed by atoms with E-state index in [9.17, 15) is 4.39 Å². The third kappa shape index (κ3) is 2.47. The van der Waals surface area contributed by atoms with E-state index in [1.807, 2.05) is 6.07 Å². The van der Waals surface area contributed by atoms with Crippen LogP contribution in [0.5, 0.6) is 0 Å². The van der Waals surface area contributed by atoms with Gasteiger partial charge in [-0.05, 0) is 53.4 Å². The lowest BCUT2D eigenvalue weighted by molar-refractivity contribution is 0.315. The Morgan fingerprint density at radius 2 is 2.12 bits per heavy atom. The fourth-order valence-corrected chi connectivity index (χ4v) is 3.03. The molecule has 0 radical (unpaired) electrons. The summed E-state index contributed by atoms with van der Waals surface area (Å²) in [5, 5.41) is 0. The van der Waals surface area contributed by atoms with Crippen LogP contribution in [0.1, 0.15) is 20.3 Å². The quantitative estimate of drug-likeness (QED) is 0.863. The van der Waals surface area contributed by atoms with Crippen molar-refractivity contribution < 1.29 is 4.39 Å². The normalized spacial score (nSPS) is 29.5. The molecule has 2 N–H and O–H groups in total. The molecule has 0 saturated carbocycles. The Bertz CT molecular complexity index is 410. The smallest absolute Gasteiger partial charge is 0.124 e. The average molecular weight is 301 g/mol. The monoisotopic (exact) mass is 300 g/mol. The molecule has 2 nitrogen and oxygen atoms in total. The van der Waals surface area contributed by atoms with Gasteiger partial charge in [0.2, 0.25) is 0 Å². The molecular formula is C13H18BrFN2. The molecule has 4 heteroatoms. The predicted molar refractivity (Wildman–Crippen MR) is 72.7 cm³/mol. The van der Waals surface area contributed by atoms with Gasteiger partial charge in [-0.3, -0.25) is 0 Å². The molecular weight excluding hydrogens is 283 g/mol.